The van der Waals surface area contributed by atoms with Crippen LogP contribution in [-0.4, -0.2) is 129 Å². The Bertz CT molecular complexity index is 2540. The van der Waals surface area contributed by atoms with Crippen LogP contribution in [0.15, 0.2) is 41.2 Å². The molecule has 1 saturated carbocycles. The molecule has 0 spiro atoms. The Morgan fingerprint density at radius 1 is 0.952 bits per heavy atom. The van der Waals surface area contributed by atoms with Gasteiger partial charge in [0.05, 0.1) is 58.5 Å². The van der Waals surface area contributed by atoms with E-state index >= 15 is 0 Å². The number of piperazine rings is 1. The Balaban J connectivity index is 1.58. The van der Waals surface area contributed by atoms with Gasteiger partial charge in [-0.25, -0.2) is 0 Å². The molecule has 16 heteroatoms. The van der Waals surface area contributed by atoms with Crippen molar-refractivity contribution < 1.29 is 69.8 Å². The van der Waals surface area contributed by atoms with Gasteiger partial charge in [0.25, 0.3) is 11.7 Å². The molecule has 16 nitrogen and oxygen atoms in total. The van der Waals surface area contributed by atoms with E-state index in [9.17, 15) is 39.9 Å². The quantitative estimate of drug-likeness (QED) is 0.0926. The van der Waals surface area contributed by atoms with Crippen molar-refractivity contribution in [1.29, 1.82) is 0 Å². The molecule has 4 heterocycles. The summed E-state index contributed by atoms with van der Waals surface area (Å²) >= 11 is 0. The van der Waals surface area contributed by atoms with Crippen molar-refractivity contribution in [1.82, 2.24) is 9.91 Å². The second kappa shape index (κ2) is 19.3. The van der Waals surface area contributed by atoms with E-state index in [0.29, 0.717) is 24.0 Å². The number of ether oxygens (including phenoxy) is 4. The molecule has 4 aliphatic heterocycles. The fourth-order valence-corrected chi connectivity index (χ4v) is 8.65. The van der Waals surface area contributed by atoms with E-state index in [2.05, 4.69) is 10.4 Å². The minimum absolute atomic E-state index is 0.0529. The number of hydrazone groups is 1. The van der Waals surface area contributed by atoms with Crippen molar-refractivity contribution in [2.75, 3.05) is 38.4 Å². The first-order valence-electron chi connectivity index (χ1n) is 25.0. The number of carbonyl (C=O) groups excluding carboxylic acids is 3. The van der Waals surface area contributed by atoms with Gasteiger partial charge in [-0.05, 0) is 32.8 Å². The standard InChI is InChI=1S/C47H64N4O12/c1-24-13-12-14-25(2)46(59)49-37-32(23-48-51-20-18-50(19-21-51)31-15-10-11-16-31)41(56)34-35(42(37)57)40(55)29(6)44-36(34)45(58)47(8,63-44)61-22-17-33(60-9)26(3)43(62-30(7)52)28(5)39(54)27(4)38(24)53/h12-14,17,22-24,26-28,31,33,38-39,43,53-57H,10-11,15-16,18-21H2,1-9H3,(H,49,59)/b13-12+,22-17+,25-14-,48-23?/t24-,26+,27+,28+,33-,38-,39+,43+,47-/m0/s1/i18D2,19D2,20D2,21D2. The Morgan fingerprint density at radius 3 is 2.25 bits per heavy atom. The predicted octanol–water partition coefficient (Wildman–Crippen LogP) is 5.65. The van der Waals surface area contributed by atoms with Crippen LogP contribution in [0, 0.1) is 30.6 Å². The number of methoxy groups -OCH3 is 1. The van der Waals surface area contributed by atoms with E-state index in [4.69, 9.17) is 29.9 Å². The summed E-state index contributed by atoms with van der Waals surface area (Å²) < 4.78 is 95.1. The van der Waals surface area contributed by atoms with Crippen molar-refractivity contribution in [2.24, 2.45) is 28.8 Å². The van der Waals surface area contributed by atoms with Crippen molar-refractivity contribution >= 4 is 40.3 Å². The summed E-state index contributed by atoms with van der Waals surface area (Å²) in [7, 11) is 1.37. The SMILES string of the molecule is [2H]C1([2H])N(N=Cc2c3c(O)c4c(O)c(C)c5c(c4c2O)C(=O)[C@@](C)(O/C=C/[C@H](OC)[C@@H](C)[C@@H](OC(C)=O)[C@H](C)[C@H](O)[C@H](C)[C@@H](O)[C@@H](C)/C=C/C=C(/C)C(=O)N3)O5)C([2H])([2H])C([2H])([2H])N(C2CCCC2)C1([2H])[2H]. The monoisotopic (exact) mass is 885 g/mol. The first kappa shape index (κ1) is 37.2. The zero-order valence-electron chi connectivity index (χ0n) is 44.9. The summed E-state index contributed by atoms with van der Waals surface area (Å²) in [5.41, 5.74) is -2.07. The van der Waals surface area contributed by atoms with Gasteiger partial charge in [-0.3, -0.25) is 24.3 Å². The normalized spacial score (nSPS) is 37.4. The van der Waals surface area contributed by atoms with Gasteiger partial charge in [0.2, 0.25) is 0 Å². The number of aliphatic hydroxyl groups is 2. The van der Waals surface area contributed by atoms with E-state index in [0.717, 1.165) is 6.26 Å². The predicted molar refractivity (Wildman–Crippen MR) is 237 cm³/mol. The highest BCUT2D eigenvalue weighted by Gasteiger charge is 2.50. The molecule has 7 rings (SSSR count). The lowest BCUT2D eigenvalue weighted by Crippen LogP contribution is -2.47. The fraction of sp³-hybridized carbons (Fsp3) is 0.574. The molecule has 0 unspecified atom stereocenters. The van der Waals surface area contributed by atoms with Crippen LogP contribution in [0.2, 0.25) is 0 Å². The second-order valence-corrected chi connectivity index (χ2v) is 16.9. The number of amides is 1. The third-order valence-corrected chi connectivity index (χ3v) is 12.6. The molecule has 2 aromatic rings. The zero-order valence-corrected chi connectivity index (χ0v) is 36.9. The smallest absolute Gasteiger partial charge is 0.312 e. The lowest BCUT2D eigenvalue weighted by atomic mass is 9.78. The maximum absolute atomic E-state index is 14.7. The summed E-state index contributed by atoms with van der Waals surface area (Å²) in [5.74, 6) is -10.8. The van der Waals surface area contributed by atoms with Gasteiger partial charge in [0, 0.05) is 98.7 Å². The molecule has 63 heavy (non-hydrogen) atoms. The number of hydrogen-bond acceptors (Lipinski definition) is 15. The maximum Gasteiger partial charge on any atom is 0.312 e. The highest BCUT2D eigenvalue weighted by atomic mass is 16.7. The number of phenolic OH excluding ortho intramolecular Hbond substituents is 3. The first-order chi connectivity index (χ1) is 32.8. The van der Waals surface area contributed by atoms with E-state index in [1.54, 1.807) is 33.8 Å². The van der Waals surface area contributed by atoms with E-state index in [-0.39, 0.29) is 34.7 Å². The number of rotatable bonds is 5. The molecule has 2 fully saturated rings. The van der Waals surface area contributed by atoms with Gasteiger partial charge in [-0.1, -0.05) is 58.8 Å². The summed E-state index contributed by atoms with van der Waals surface area (Å²) in [6, 6.07) is -0.863. The molecule has 5 aliphatic rings. The number of aliphatic hydroxyl groups excluding tert-OH is 2. The maximum atomic E-state index is 14.7. The van der Waals surface area contributed by atoms with Crippen LogP contribution in [0.3, 0.4) is 0 Å². The minimum Gasteiger partial charge on any atom is -0.507 e. The van der Waals surface area contributed by atoms with Crippen LogP contribution >= 0.6 is 0 Å². The number of ketones is 1. The molecule has 1 amide bonds. The Labute approximate surface area is 380 Å². The highest BCUT2D eigenvalue weighted by Crippen LogP contribution is 2.55. The number of esters is 1. The molecule has 6 N–H and O–H groups in total. The summed E-state index contributed by atoms with van der Waals surface area (Å²) in [5, 5.41) is 64.4. The number of fused-ring (bicyclic) bond motifs is 14. The number of aromatic hydroxyl groups is 3. The third kappa shape index (κ3) is 9.40. The van der Waals surface area contributed by atoms with E-state index in [1.165, 1.54) is 53.0 Å². The van der Waals surface area contributed by atoms with Gasteiger partial charge >= 0.3 is 11.8 Å². The van der Waals surface area contributed by atoms with Crippen LogP contribution in [0.5, 0.6) is 23.0 Å². The molecule has 9 atom stereocenters. The van der Waals surface area contributed by atoms with Crippen molar-refractivity contribution in [2.45, 2.75) is 117 Å². The van der Waals surface area contributed by atoms with Crippen LogP contribution in [0.1, 0.15) is 107 Å². The highest BCUT2D eigenvalue weighted by molar-refractivity contribution is 6.23. The summed E-state index contributed by atoms with van der Waals surface area (Å²) in [6.07, 6.45) is 4.81. The van der Waals surface area contributed by atoms with Crippen molar-refractivity contribution in [3.05, 3.63) is 52.8 Å². The number of nitrogens with one attached hydrogen (secondary N) is 1. The number of phenols is 3. The topological polar surface area (TPSA) is 220 Å². The molecule has 1 aliphatic carbocycles. The van der Waals surface area contributed by atoms with Crippen LogP contribution in [0.4, 0.5) is 5.69 Å². The lowest BCUT2D eigenvalue weighted by molar-refractivity contribution is -0.160. The van der Waals surface area contributed by atoms with Crippen LogP contribution < -0.4 is 10.1 Å². The zero-order chi connectivity index (χ0) is 53.2. The molecule has 5 bridgehead atoms. The molecule has 0 radical (unpaired) electrons. The van der Waals surface area contributed by atoms with E-state index < -0.39 is 148 Å². The summed E-state index contributed by atoms with van der Waals surface area (Å²) in [6.45, 7) is -1.56. The van der Waals surface area contributed by atoms with Gasteiger partial charge in [-0.15, -0.1) is 0 Å². The van der Waals surface area contributed by atoms with E-state index in [1.807, 2.05) is 0 Å². The number of benzene rings is 2. The van der Waals surface area contributed by atoms with Gasteiger partial charge in [-0.2, -0.15) is 5.10 Å². The number of anilines is 1. The molecule has 1 saturated heterocycles. The fourth-order valence-electron chi connectivity index (χ4n) is 8.65. The van der Waals surface area contributed by atoms with Gasteiger partial charge < -0.3 is 49.8 Å². The number of nitrogens with zero attached hydrogens (tertiary/aromatic N) is 3. The second-order valence-electron chi connectivity index (χ2n) is 16.9. The van der Waals surface area contributed by atoms with Crippen molar-refractivity contribution in [3.63, 3.8) is 0 Å². The molecule has 2 aromatic carbocycles. The third-order valence-electron chi connectivity index (χ3n) is 12.6. The Hall–Kier alpha value is -5.16. The largest absolute Gasteiger partial charge is 0.507 e. The van der Waals surface area contributed by atoms with Gasteiger partial charge in [0.15, 0.2) is 5.75 Å². The molecular formula is C47H64N4O12. The molecule has 344 valence electrons. The number of allylic oxidation sites excluding steroid dienone is 2. The molecule has 0 aromatic heterocycles. The average molecular weight is 885 g/mol. The number of Topliss-reactive ketones (excluding diaryl/α,β-unsaturated/α-hetero) is 1. The number of hydrogen-bond donors (Lipinski definition) is 6. The number of carbonyl (C=O) groups is 3. The Morgan fingerprint density at radius 2 is 1.62 bits per heavy atom. The lowest BCUT2D eigenvalue weighted by Gasteiger charge is -2.38. The van der Waals surface area contributed by atoms with Gasteiger partial charge in [0.1, 0.15) is 23.4 Å². The van der Waals surface area contributed by atoms with Crippen LogP contribution in [0.25, 0.3) is 10.8 Å². The first-order valence-corrected chi connectivity index (χ1v) is 21.0. The van der Waals surface area contributed by atoms with Crippen LogP contribution in [-0.2, 0) is 23.8 Å². The average Bonchev–Trinajstić information content (AvgIpc) is 3.91. The molecular weight excluding hydrogens is 813 g/mol. The summed E-state index contributed by atoms with van der Waals surface area (Å²) in [4.78, 5) is 41.7. The minimum atomic E-state index is -3.43. The van der Waals surface area contributed by atoms with Crippen molar-refractivity contribution in [3.8, 4) is 23.0 Å². The Kier molecular flexibility index (Phi) is 11.4.